The maximum Gasteiger partial charge on any atom is 0.188 e. The first-order chi connectivity index (χ1) is 6.57. The highest BCUT2D eigenvalue weighted by molar-refractivity contribution is 6.04. The molecule has 0 aromatic heterocycles. The zero-order chi connectivity index (χ0) is 10.7. The minimum atomic E-state index is -1.08. The van der Waals surface area contributed by atoms with E-state index in [0.29, 0.717) is 0 Å². The predicted octanol–water partition coefficient (Wildman–Crippen LogP) is 3.03. The van der Waals surface area contributed by atoms with Crippen molar-refractivity contribution in [1.29, 1.82) is 0 Å². The second-order valence-electron chi connectivity index (χ2n) is 2.92. The first-order valence-electron chi connectivity index (χ1n) is 4.19. The number of rotatable bonds is 2. The molecule has 1 aromatic rings. The fourth-order valence-electron chi connectivity index (χ4n) is 1.08. The number of carbonyl (C=O) groups excluding carboxylic acids is 1. The number of hydrogen-bond donors (Lipinski definition) is 0. The van der Waals surface area contributed by atoms with E-state index in [-0.39, 0.29) is 11.1 Å². The van der Waals surface area contributed by atoms with E-state index < -0.39 is 17.4 Å². The van der Waals surface area contributed by atoms with Gasteiger partial charge in [-0.2, -0.15) is 0 Å². The molecular formula is C11H10F2O. The standard InChI is InChI=1S/C11H10F2O/c1-3-4-9(14)8-6-5-7(2)10(12)11(8)13/h3-6H,1-2H3/b4-3+. The van der Waals surface area contributed by atoms with Gasteiger partial charge >= 0.3 is 0 Å². The summed E-state index contributed by atoms with van der Waals surface area (Å²) in [6.45, 7) is 3.09. The van der Waals surface area contributed by atoms with Gasteiger partial charge in [-0.05, 0) is 31.6 Å². The molecule has 0 fully saturated rings. The summed E-state index contributed by atoms with van der Waals surface area (Å²) in [5, 5.41) is 0. The van der Waals surface area contributed by atoms with E-state index in [1.54, 1.807) is 6.92 Å². The van der Waals surface area contributed by atoms with Gasteiger partial charge < -0.3 is 0 Å². The lowest BCUT2D eigenvalue weighted by Crippen LogP contribution is -2.02. The molecule has 0 radical (unpaired) electrons. The fourth-order valence-corrected chi connectivity index (χ4v) is 1.08. The summed E-state index contributed by atoms with van der Waals surface area (Å²) < 4.78 is 26.2. The molecule has 1 aromatic carbocycles. The van der Waals surface area contributed by atoms with Crippen molar-refractivity contribution in [3.63, 3.8) is 0 Å². The molecule has 1 nitrogen and oxygen atoms in total. The van der Waals surface area contributed by atoms with Crippen LogP contribution in [0.3, 0.4) is 0 Å². The average molecular weight is 196 g/mol. The molecule has 3 heteroatoms. The Morgan fingerprint density at radius 3 is 2.50 bits per heavy atom. The largest absolute Gasteiger partial charge is 0.289 e. The second-order valence-corrected chi connectivity index (χ2v) is 2.92. The number of aryl methyl sites for hydroxylation is 1. The Bertz CT molecular complexity index is 395. The molecule has 0 amide bonds. The van der Waals surface area contributed by atoms with E-state index in [4.69, 9.17) is 0 Å². The van der Waals surface area contributed by atoms with Gasteiger partial charge in [0.1, 0.15) is 0 Å². The van der Waals surface area contributed by atoms with Crippen LogP contribution < -0.4 is 0 Å². The summed E-state index contributed by atoms with van der Waals surface area (Å²) in [5.41, 5.74) is -0.0364. The van der Waals surface area contributed by atoms with Gasteiger partial charge in [0, 0.05) is 0 Å². The van der Waals surface area contributed by atoms with Crippen molar-refractivity contribution in [1.82, 2.24) is 0 Å². The molecule has 0 spiro atoms. The quantitative estimate of drug-likeness (QED) is 0.525. The number of carbonyl (C=O) groups is 1. The van der Waals surface area contributed by atoms with E-state index >= 15 is 0 Å². The Morgan fingerprint density at radius 1 is 1.29 bits per heavy atom. The summed E-state index contributed by atoms with van der Waals surface area (Å²) in [5.74, 6) is -2.56. The monoisotopic (exact) mass is 196 g/mol. The van der Waals surface area contributed by atoms with Crippen LogP contribution in [0.1, 0.15) is 22.8 Å². The molecular weight excluding hydrogens is 186 g/mol. The highest BCUT2D eigenvalue weighted by Gasteiger charge is 2.14. The van der Waals surface area contributed by atoms with E-state index in [0.717, 1.165) is 0 Å². The lowest BCUT2D eigenvalue weighted by molar-refractivity contribution is 0.104. The van der Waals surface area contributed by atoms with Crippen LogP contribution in [-0.4, -0.2) is 5.78 Å². The average Bonchev–Trinajstić information content (AvgIpc) is 2.15. The van der Waals surface area contributed by atoms with Crippen molar-refractivity contribution in [2.75, 3.05) is 0 Å². The lowest BCUT2D eigenvalue weighted by Gasteiger charge is -2.02. The molecule has 0 heterocycles. The van der Waals surface area contributed by atoms with Gasteiger partial charge in [-0.15, -0.1) is 0 Å². The predicted molar refractivity (Wildman–Crippen MR) is 50.2 cm³/mol. The Hall–Kier alpha value is -1.51. The van der Waals surface area contributed by atoms with Crippen molar-refractivity contribution in [2.24, 2.45) is 0 Å². The van der Waals surface area contributed by atoms with Crippen molar-refractivity contribution in [3.05, 3.63) is 47.0 Å². The molecule has 0 atom stereocenters. The first kappa shape index (κ1) is 10.6. The molecule has 0 aliphatic heterocycles. The van der Waals surface area contributed by atoms with Crippen LogP contribution in [0.4, 0.5) is 8.78 Å². The van der Waals surface area contributed by atoms with E-state index in [1.165, 1.54) is 31.2 Å². The molecule has 0 N–H and O–H groups in total. The van der Waals surface area contributed by atoms with Crippen LogP contribution in [0.2, 0.25) is 0 Å². The summed E-state index contributed by atoms with van der Waals surface area (Å²) in [7, 11) is 0. The maximum atomic E-state index is 13.2. The molecule has 0 unspecified atom stereocenters. The Kier molecular flexibility index (Phi) is 3.12. The number of hydrogen-bond acceptors (Lipinski definition) is 1. The third kappa shape index (κ3) is 1.87. The zero-order valence-corrected chi connectivity index (χ0v) is 7.97. The van der Waals surface area contributed by atoms with Crippen LogP contribution in [0.25, 0.3) is 0 Å². The molecule has 0 aliphatic rings. The van der Waals surface area contributed by atoms with Crippen LogP contribution >= 0.6 is 0 Å². The number of halogens is 2. The van der Waals surface area contributed by atoms with Gasteiger partial charge in [-0.1, -0.05) is 12.1 Å². The highest BCUT2D eigenvalue weighted by Crippen LogP contribution is 2.16. The molecule has 0 bridgehead atoms. The van der Waals surface area contributed by atoms with Crippen molar-refractivity contribution >= 4 is 5.78 Å². The van der Waals surface area contributed by atoms with Crippen LogP contribution in [0, 0.1) is 18.6 Å². The molecule has 0 saturated carbocycles. The maximum absolute atomic E-state index is 13.2. The SMILES string of the molecule is C/C=C/C(=O)c1ccc(C)c(F)c1F. The smallest absolute Gasteiger partial charge is 0.188 e. The third-order valence-electron chi connectivity index (χ3n) is 1.86. The number of ketones is 1. The van der Waals surface area contributed by atoms with Gasteiger partial charge in [0.15, 0.2) is 17.4 Å². The topological polar surface area (TPSA) is 17.1 Å². The zero-order valence-electron chi connectivity index (χ0n) is 7.97. The van der Waals surface area contributed by atoms with Crippen molar-refractivity contribution < 1.29 is 13.6 Å². The lowest BCUT2D eigenvalue weighted by atomic mass is 10.1. The van der Waals surface area contributed by atoms with Gasteiger partial charge in [-0.25, -0.2) is 8.78 Å². The minimum absolute atomic E-state index is 0.194. The number of allylic oxidation sites excluding steroid dienone is 2. The van der Waals surface area contributed by atoms with Crippen molar-refractivity contribution in [3.8, 4) is 0 Å². The molecule has 74 valence electrons. The third-order valence-corrected chi connectivity index (χ3v) is 1.86. The van der Waals surface area contributed by atoms with Crippen molar-refractivity contribution in [2.45, 2.75) is 13.8 Å². The Balaban J connectivity index is 3.24. The summed E-state index contributed by atoms with van der Waals surface area (Å²) in [6.07, 6.45) is 2.69. The Morgan fingerprint density at radius 2 is 1.93 bits per heavy atom. The number of benzene rings is 1. The van der Waals surface area contributed by atoms with Crippen LogP contribution in [0.15, 0.2) is 24.3 Å². The van der Waals surface area contributed by atoms with Gasteiger partial charge in [0.05, 0.1) is 5.56 Å². The summed E-state index contributed by atoms with van der Waals surface area (Å²) in [6, 6.07) is 2.67. The minimum Gasteiger partial charge on any atom is -0.289 e. The van der Waals surface area contributed by atoms with Gasteiger partial charge in [-0.3, -0.25) is 4.79 Å². The van der Waals surface area contributed by atoms with Gasteiger partial charge in [0.25, 0.3) is 0 Å². The van der Waals surface area contributed by atoms with Crippen LogP contribution in [-0.2, 0) is 0 Å². The van der Waals surface area contributed by atoms with Crippen LogP contribution in [0.5, 0.6) is 0 Å². The second kappa shape index (κ2) is 4.13. The van der Waals surface area contributed by atoms with E-state index in [9.17, 15) is 13.6 Å². The first-order valence-corrected chi connectivity index (χ1v) is 4.19. The Labute approximate surface area is 81.1 Å². The van der Waals surface area contributed by atoms with Gasteiger partial charge in [0.2, 0.25) is 0 Å². The molecule has 1 rings (SSSR count). The van der Waals surface area contributed by atoms with E-state index in [2.05, 4.69) is 0 Å². The van der Waals surface area contributed by atoms with E-state index in [1.807, 2.05) is 0 Å². The normalized spacial score (nSPS) is 10.9. The molecule has 14 heavy (non-hydrogen) atoms. The highest BCUT2D eigenvalue weighted by atomic mass is 19.2. The molecule has 0 saturated heterocycles. The fraction of sp³-hybridized carbons (Fsp3) is 0.182. The summed E-state index contributed by atoms with van der Waals surface area (Å²) >= 11 is 0. The summed E-state index contributed by atoms with van der Waals surface area (Å²) in [4.78, 5) is 11.2. The molecule has 0 aliphatic carbocycles.